The maximum atomic E-state index is 5.32. The molecular weight excluding hydrogens is 302 g/mol. The molecule has 6 heteroatoms. The van der Waals surface area contributed by atoms with Gasteiger partial charge in [-0.3, -0.25) is 0 Å². The van der Waals surface area contributed by atoms with Crippen molar-refractivity contribution in [2.24, 2.45) is 0 Å². The highest BCUT2D eigenvalue weighted by Crippen LogP contribution is 2.31. The lowest BCUT2D eigenvalue weighted by Crippen LogP contribution is -2.28. The molecule has 3 rings (SSSR count). The summed E-state index contributed by atoms with van der Waals surface area (Å²) in [5.74, 6) is 1.85. The molecule has 1 atom stereocenters. The van der Waals surface area contributed by atoms with E-state index >= 15 is 0 Å². The molecule has 1 unspecified atom stereocenters. The number of thiophene rings is 1. The lowest BCUT2D eigenvalue weighted by atomic mass is 9.99. The Morgan fingerprint density at radius 2 is 2.41 bits per heavy atom. The largest absolute Gasteiger partial charge is 0.333 e. The molecule has 0 aromatic carbocycles. The molecule has 0 bridgehead atoms. The Hall–Kier alpha value is -0.720. The van der Waals surface area contributed by atoms with Gasteiger partial charge in [-0.1, -0.05) is 5.16 Å². The molecule has 1 aliphatic rings. The molecule has 3 heterocycles. The lowest BCUT2D eigenvalue weighted by Gasteiger charge is -2.19. The minimum absolute atomic E-state index is 0.393. The van der Waals surface area contributed by atoms with E-state index in [2.05, 4.69) is 31.4 Å². The van der Waals surface area contributed by atoms with Crippen molar-refractivity contribution < 1.29 is 4.52 Å². The maximum Gasteiger partial charge on any atom is 0.268 e. The van der Waals surface area contributed by atoms with Crippen LogP contribution in [-0.4, -0.2) is 23.2 Å². The summed E-state index contributed by atoms with van der Waals surface area (Å²) in [6, 6.07) is 3.98. The monoisotopic (exact) mass is 313 g/mol. The van der Waals surface area contributed by atoms with Crippen molar-refractivity contribution in [3.05, 3.63) is 21.7 Å². The van der Waals surface area contributed by atoms with Gasteiger partial charge in [-0.2, -0.15) is 4.98 Å². The normalized spacial score (nSPS) is 20.6. The number of hydrogen-bond donors (Lipinski definition) is 1. The van der Waals surface area contributed by atoms with Gasteiger partial charge in [0.2, 0.25) is 0 Å². The summed E-state index contributed by atoms with van der Waals surface area (Å²) in [4.78, 5) is 5.50. The van der Waals surface area contributed by atoms with E-state index < -0.39 is 0 Å². The summed E-state index contributed by atoms with van der Waals surface area (Å²) in [7, 11) is 0. The summed E-state index contributed by atoms with van der Waals surface area (Å²) >= 11 is 5.04. The Morgan fingerprint density at radius 3 is 3.12 bits per heavy atom. The first-order valence-electron chi connectivity index (χ1n) is 5.63. The van der Waals surface area contributed by atoms with Gasteiger partial charge in [-0.05, 0) is 47.4 Å². The number of rotatable bonds is 2. The zero-order chi connectivity index (χ0) is 11.7. The number of nitrogens with zero attached hydrogens (tertiary/aromatic N) is 2. The zero-order valence-electron chi connectivity index (χ0n) is 9.15. The Labute approximate surface area is 112 Å². The van der Waals surface area contributed by atoms with E-state index in [0.29, 0.717) is 11.8 Å². The first kappa shape index (κ1) is 11.4. The van der Waals surface area contributed by atoms with Crippen molar-refractivity contribution in [3.63, 3.8) is 0 Å². The van der Waals surface area contributed by atoms with Gasteiger partial charge in [0.15, 0.2) is 5.82 Å². The molecular formula is C11H12BrN3OS. The summed E-state index contributed by atoms with van der Waals surface area (Å²) < 4.78 is 6.39. The van der Waals surface area contributed by atoms with Gasteiger partial charge in [0.1, 0.15) is 0 Å². The fraction of sp³-hybridized carbons (Fsp3) is 0.455. The molecule has 1 fully saturated rings. The lowest BCUT2D eigenvalue weighted by molar-refractivity contribution is 0.393. The molecule has 0 spiro atoms. The predicted molar refractivity (Wildman–Crippen MR) is 70.2 cm³/mol. The van der Waals surface area contributed by atoms with Gasteiger partial charge >= 0.3 is 0 Å². The second-order valence-electron chi connectivity index (χ2n) is 4.10. The summed E-state index contributed by atoms with van der Waals surface area (Å²) in [5.41, 5.74) is 0. The van der Waals surface area contributed by atoms with E-state index in [1.807, 2.05) is 12.1 Å². The van der Waals surface area contributed by atoms with Crippen molar-refractivity contribution in [3.8, 4) is 10.8 Å². The van der Waals surface area contributed by atoms with Crippen molar-refractivity contribution in [2.75, 3.05) is 13.1 Å². The van der Waals surface area contributed by atoms with Crippen LogP contribution in [0.4, 0.5) is 0 Å². The zero-order valence-corrected chi connectivity index (χ0v) is 11.6. The molecule has 1 saturated heterocycles. The van der Waals surface area contributed by atoms with Crippen LogP contribution in [0.5, 0.6) is 0 Å². The third-order valence-electron chi connectivity index (χ3n) is 2.89. The van der Waals surface area contributed by atoms with Crippen molar-refractivity contribution in [2.45, 2.75) is 18.8 Å². The standard InChI is InChI=1S/C11H12BrN3OS/c12-9-4-3-8(17-9)11-14-10(15-16-11)7-2-1-5-13-6-7/h3-4,7,13H,1-2,5-6H2. The Morgan fingerprint density at radius 1 is 1.47 bits per heavy atom. The summed E-state index contributed by atoms with van der Waals surface area (Å²) in [6.45, 7) is 2.05. The van der Waals surface area contributed by atoms with Gasteiger partial charge in [0, 0.05) is 12.5 Å². The van der Waals surface area contributed by atoms with Gasteiger partial charge in [0.05, 0.1) is 8.66 Å². The molecule has 17 heavy (non-hydrogen) atoms. The van der Waals surface area contributed by atoms with Crippen LogP contribution in [0.15, 0.2) is 20.4 Å². The Kier molecular flexibility index (Phi) is 3.26. The van der Waals surface area contributed by atoms with Crippen LogP contribution in [0, 0.1) is 0 Å². The average Bonchev–Trinajstić information content (AvgIpc) is 2.98. The average molecular weight is 314 g/mol. The summed E-state index contributed by atoms with van der Waals surface area (Å²) in [5, 5.41) is 7.45. The van der Waals surface area contributed by atoms with Gasteiger partial charge in [-0.15, -0.1) is 11.3 Å². The molecule has 1 aliphatic heterocycles. The fourth-order valence-electron chi connectivity index (χ4n) is 2.00. The molecule has 0 aliphatic carbocycles. The highest BCUT2D eigenvalue weighted by molar-refractivity contribution is 9.11. The number of piperidine rings is 1. The molecule has 1 N–H and O–H groups in total. The topological polar surface area (TPSA) is 51.0 Å². The van der Waals surface area contributed by atoms with Crippen LogP contribution in [0.3, 0.4) is 0 Å². The molecule has 0 amide bonds. The highest BCUT2D eigenvalue weighted by Gasteiger charge is 2.21. The first-order valence-corrected chi connectivity index (χ1v) is 7.24. The predicted octanol–water partition coefficient (Wildman–Crippen LogP) is 3.03. The quantitative estimate of drug-likeness (QED) is 0.926. The van der Waals surface area contributed by atoms with E-state index in [-0.39, 0.29) is 0 Å². The number of halogens is 1. The van der Waals surface area contributed by atoms with Crippen LogP contribution in [-0.2, 0) is 0 Å². The van der Waals surface area contributed by atoms with Crippen LogP contribution in [0.25, 0.3) is 10.8 Å². The SMILES string of the molecule is Brc1ccc(-c2nc(C3CCCNC3)no2)s1. The number of nitrogens with one attached hydrogen (secondary N) is 1. The second-order valence-corrected chi connectivity index (χ2v) is 6.57. The molecule has 4 nitrogen and oxygen atoms in total. The van der Waals surface area contributed by atoms with Gasteiger partial charge in [0.25, 0.3) is 5.89 Å². The summed E-state index contributed by atoms with van der Waals surface area (Å²) in [6.07, 6.45) is 2.32. The fourth-order valence-corrected chi connectivity index (χ4v) is 3.31. The van der Waals surface area contributed by atoms with E-state index in [9.17, 15) is 0 Å². The van der Waals surface area contributed by atoms with E-state index in [1.165, 1.54) is 6.42 Å². The molecule has 2 aromatic rings. The van der Waals surface area contributed by atoms with Crippen LogP contribution < -0.4 is 5.32 Å². The maximum absolute atomic E-state index is 5.32. The molecule has 0 saturated carbocycles. The molecule has 0 radical (unpaired) electrons. The van der Waals surface area contributed by atoms with Crippen LogP contribution >= 0.6 is 27.3 Å². The molecule has 2 aromatic heterocycles. The highest BCUT2D eigenvalue weighted by atomic mass is 79.9. The number of hydrogen-bond acceptors (Lipinski definition) is 5. The van der Waals surface area contributed by atoms with Crippen molar-refractivity contribution in [1.82, 2.24) is 15.5 Å². The van der Waals surface area contributed by atoms with E-state index in [0.717, 1.165) is 34.0 Å². The first-order chi connectivity index (χ1) is 8.33. The minimum atomic E-state index is 0.393. The van der Waals surface area contributed by atoms with Gasteiger partial charge < -0.3 is 9.84 Å². The molecule has 90 valence electrons. The minimum Gasteiger partial charge on any atom is -0.333 e. The van der Waals surface area contributed by atoms with Crippen LogP contribution in [0.2, 0.25) is 0 Å². The van der Waals surface area contributed by atoms with Crippen molar-refractivity contribution >= 4 is 27.3 Å². The van der Waals surface area contributed by atoms with Crippen LogP contribution in [0.1, 0.15) is 24.6 Å². The number of aromatic nitrogens is 2. The van der Waals surface area contributed by atoms with Gasteiger partial charge in [-0.25, -0.2) is 0 Å². The van der Waals surface area contributed by atoms with Crippen molar-refractivity contribution in [1.29, 1.82) is 0 Å². The van der Waals surface area contributed by atoms with E-state index in [4.69, 9.17) is 4.52 Å². The Balaban J connectivity index is 1.82. The van der Waals surface area contributed by atoms with E-state index in [1.54, 1.807) is 11.3 Å². The second kappa shape index (κ2) is 4.88. The third kappa shape index (κ3) is 2.43. The smallest absolute Gasteiger partial charge is 0.268 e. The third-order valence-corrected chi connectivity index (χ3v) is 4.50. The Bertz CT molecular complexity index is 504.